The van der Waals surface area contributed by atoms with Gasteiger partial charge in [0.05, 0.1) is 6.61 Å². The Kier molecular flexibility index (Phi) is 6.98. The number of aryl methyl sites for hydroxylation is 1. The molecular weight excluding hydrogens is 504 g/mol. The Morgan fingerprint density at radius 1 is 1.03 bits per heavy atom. The largest absolute Gasteiger partial charge is 0.494 e. The number of carbonyl (C=O) groups excluding carboxylic acids is 1. The normalized spacial score (nSPS) is 18.6. The molecule has 7 nitrogen and oxygen atoms in total. The molecule has 1 atom stereocenters. The van der Waals surface area contributed by atoms with Gasteiger partial charge in [0.15, 0.2) is 17.6 Å². The number of rotatable bonds is 7. The van der Waals surface area contributed by atoms with E-state index in [-0.39, 0.29) is 35.6 Å². The fourth-order valence-corrected chi connectivity index (χ4v) is 4.07. The monoisotopic (exact) mass is 525 g/mol. The quantitative estimate of drug-likeness (QED) is 0.345. The molecule has 13 heteroatoms. The smallest absolute Gasteiger partial charge is 0.416 e. The summed E-state index contributed by atoms with van der Waals surface area (Å²) in [7, 11) is 0. The first-order valence-corrected chi connectivity index (χ1v) is 11.1. The highest BCUT2D eigenvalue weighted by molar-refractivity contribution is 6.22. The molecule has 37 heavy (non-hydrogen) atoms. The third kappa shape index (κ3) is 5.59. The molecule has 1 N–H and O–H groups in total. The summed E-state index contributed by atoms with van der Waals surface area (Å²) in [6, 6.07) is 11.4. The second kappa shape index (κ2) is 9.87. The van der Waals surface area contributed by atoms with Crippen LogP contribution in [0.3, 0.4) is 0 Å². The van der Waals surface area contributed by atoms with Crippen LogP contribution in [0.15, 0.2) is 54.9 Å². The highest BCUT2D eigenvalue weighted by Gasteiger charge is 2.60. The summed E-state index contributed by atoms with van der Waals surface area (Å²) in [6.45, 7) is 1.56. The van der Waals surface area contributed by atoms with Crippen LogP contribution >= 0.6 is 0 Å². The van der Waals surface area contributed by atoms with Crippen LogP contribution in [0.2, 0.25) is 0 Å². The molecule has 0 spiro atoms. The lowest BCUT2D eigenvalue weighted by Gasteiger charge is -2.41. The SMILES string of the molecule is Cc1ccc(C2=C(n3ncnn3)C(=O)N[C@@](c3ccc(OCCCC(F)(F)F)cc3)(C(F)(F)F)C2)cc1. The molecule has 0 radical (unpaired) electrons. The number of halogens is 6. The van der Waals surface area contributed by atoms with Crippen molar-refractivity contribution >= 4 is 17.2 Å². The Balaban J connectivity index is 1.71. The van der Waals surface area contributed by atoms with Crippen LogP contribution in [-0.2, 0) is 10.3 Å². The first kappa shape index (κ1) is 26.2. The van der Waals surface area contributed by atoms with Gasteiger partial charge in [0, 0.05) is 12.8 Å². The summed E-state index contributed by atoms with van der Waals surface area (Å²) in [5, 5.41) is 13.2. The fourth-order valence-electron chi connectivity index (χ4n) is 4.07. The van der Waals surface area contributed by atoms with E-state index in [1.807, 2.05) is 6.92 Å². The molecule has 3 aromatic rings. The number of benzene rings is 2. The van der Waals surface area contributed by atoms with Crippen LogP contribution in [0.4, 0.5) is 26.3 Å². The van der Waals surface area contributed by atoms with Crippen LogP contribution in [0.1, 0.15) is 36.0 Å². The van der Waals surface area contributed by atoms with E-state index in [1.54, 1.807) is 24.3 Å². The number of tetrazole rings is 1. The third-order valence-corrected chi connectivity index (χ3v) is 5.92. The van der Waals surface area contributed by atoms with Crippen LogP contribution in [-0.4, -0.2) is 45.1 Å². The van der Waals surface area contributed by atoms with Gasteiger partial charge in [-0.2, -0.15) is 26.3 Å². The molecule has 1 aliphatic rings. The van der Waals surface area contributed by atoms with Crippen molar-refractivity contribution in [2.45, 2.75) is 44.1 Å². The summed E-state index contributed by atoms with van der Waals surface area (Å²) in [5.74, 6) is -0.947. The van der Waals surface area contributed by atoms with Crippen molar-refractivity contribution in [1.29, 1.82) is 0 Å². The molecule has 0 unspecified atom stereocenters. The van der Waals surface area contributed by atoms with Gasteiger partial charge in [0.25, 0.3) is 5.91 Å². The number of aromatic nitrogens is 4. The number of carbonyl (C=O) groups is 1. The maximum absolute atomic E-state index is 14.7. The molecule has 1 amide bonds. The van der Waals surface area contributed by atoms with Crippen LogP contribution in [0.25, 0.3) is 11.3 Å². The second-order valence-electron chi connectivity index (χ2n) is 8.54. The van der Waals surface area contributed by atoms with Crippen LogP contribution in [0, 0.1) is 6.92 Å². The summed E-state index contributed by atoms with van der Waals surface area (Å²) < 4.78 is 86.3. The molecule has 0 fully saturated rings. The van der Waals surface area contributed by atoms with Gasteiger partial charge in [0.1, 0.15) is 5.75 Å². The number of nitrogens with one attached hydrogen (secondary N) is 1. The van der Waals surface area contributed by atoms with Crippen LogP contribution in [0.5, 0.6) is 5.75 Å². The molecule has 0 bridgehead atoms. The minimum absolute atomic E-state index is 0.0616. The second-order valence-corrected chi connectivity index (χ2v) is 8.54. The van der Waals surface area contributed by atoms with E-state index in [9.17, 15) is 31.1 Å². The summed E-state index contributed by atoms with van der Waals surface area (Å²) in [6.07, 6.45) is -10.2. The van der Waals surface area contributed by atoms with Crippen molar-refractivity contribution in [3.63, 3.8) is 0 Å². The van der Waals surface area contributed by atoms with E-state index in [0.29, 0.717) is 5.56 Å². The van der Waals surface area contributed by atoms with E-state index in [0.717, 1.165) is 28.8 Å². The number of hydrogen-bond acceptors (Lipinski definition) is 5. The Labute approximate surface area is 207 Å². The standard InChI is InChI=1S/C24H21F6N5O2/c1-15-3-5-16(6-4-15)19-13-22(24(28,29)30,33-21(36)20(19)35-32-14-31-34-35)17-7-9-18(10-8-17)37-12-2-11-23(25,26)27/h3-10,14H,2,11-13H2,1H3,(H,33,36)/t22-/m0/s1. The summed E-state index contributed by atoms with van der Waals surface area (Å²) in [5.41, 5.74) is -1.95. The lowest BCUT2D eigenvalue weighted by Crippen LogP contribution is -2.59. The minimum Gasteiger partial charge on any atom is -0.494 e. The topological polar surface area (TPSA) is 81.9 Å². The van der Waals surface area contributed by atoms with Gasteiger partial charge in [-0.15, -0.1) is 15.0 Å². The lowest BCUT2D eigenvalue weighted by molar-refractivity contribution is -0.201. The molecule has 0 saturated carbocycles. The Morgan fingerprint density at radius 2 is 1.70 bits per heavy atom. The van der Waals surface area contributed by atoms with Crippen molar-refractivity contribution in [3.8, 4) is 5.75 Å². The molecule has 4 rings (SSSR count). The van der Waals surface area contributed by atoms with Crippen molar-refractivity contribution in [2.75, 3.05) is 6.61 Å². The maximum Gasteiger partial charge on any atom is 0.416 e. The fraction of sp³-hybridized carbons (Fsp3) is 0.333. The van der Waals surface area contributed by atoms with Crippen LogP contribution < -0.4 is 10.1 Å². The van der Waals surface area contributed by atoms with Crippen molar-refractivity contribution < 1.29 is 35.9 Å². The predicted octanol–water partition coefficient (Wildman–Crippen LogP) is 5.05. The average Bonchev–Trinajstić information content (AvgIpc) is 3.35. The molecule has 1 aliphatic heterocycles. The predicted molar refractivity (Wildman–Crippen MR) is 120 cm³/mol. The number of alkyl halides is 6. The van der Waals surface area contributed by atoms with Gasteiger partial charge in [-0.1, -0.05) is 42.0 Å². The van der Waals surface area contributed by atoms with Crippen molar-refractivity contribution in [1.82, 2.24) is 25.5 Å². The molecule has 196 valence electrons. The van der Waals surface area contributed by atoms with E-state index < -0.39 is 36.6 Å². The molecule has 2 heterocycles. The van der Waals surface area contributed by atoms with E-state index >= 15 is 0 Å². The Bertz CT molecular complexity index is 1270. The average molecular weight is 525 g/mol. The Hall–Kier alpha value is -3.90. The highest BCUT2D eigenvalue weighted by Crippen LogP contribution is 2.49. The number of ether oxygens (including phenoxy) is 1. The van der Waals surface area contributed by atoms with Crippen molar-refractivity contribution in [2.24, 2.45) is 0 Å². The van der Waals surface area contributed by atoms with Gasteiger partial charge in [-0.3, -0.25) is 4.79 Å². The molecule has 2 aromatic carbocycles. The van der Waals surface area contributed by atoms with E-state index in [2.05, 4.69) is 20.7 Å². The number of hydrogen-bond donors (Lipinski definition) is 1. The first-order valence-electron chi connectivity index (χ1n) is 11.1. The van der Waals surface area contributed by atoms with E-state index in [4.69, 9.17) is 4.74 Å². The van der Waals surface area contributed by atoms with E-state index in [1.165, 1.54) is 12.1 Å². The molecule has 0 aliphatic carbocycles. The Morgan fingerprint density at radius 3 is 2.27 bits per heavy atom. The van der Waals surface area contributed by atoms with Crippen molar-refractivity contribution in [3.05, 3.63) is 71.5 Å². The summed E-state index contributed by atoms with van der Waals surface area (Å²) in [4.78, 5) is 14.1. The highest BCUT2D eigenvalue weighted by atomic mass is 19.4. The van der Waals surface area contributed by atoms with Gasteiger partial charge < -0.3 is 10.1 Å². The maximum atomic E-state index is 14.7. The zero-order valence-corrected chi connectivity index (χ0v) is 19.4. The number of amides is 1. The third-order valence-electron chi connectivity index (χ3n) is 5.92. The molecular formula is C24H21F6N5O2. The van der Waals surface area contributed by atoms with Gasteiger partial charge in [0.2, 0.25) is 0 Å². The van der Waals surface area contributed by atoms with Gasteiger partial charge in [-0.05, 0) is 47.4 Å². The molecule has 1 aromatic heterocycles. The van der Waals surface area contributed by atoms with Gasteiger partial charge >= 0.3 is 12.4 Å². The lowest BCUT2D eigenvalue weighted by atomic mass is 9.77. The minimum atomic E-state index is -4.92. The molecule has 0 saturated heterocycles. The zero-order chi connectivity index (χ0) is 26.8. The number of nitrogens with zero attached hydrogens (tertiary/aromatic N) is 4. The summed E-state index contributed by atoms with van der Waals surface area (Å²) >= 11 is 0. The zero-order valence-electron chi connectivity index (χ0n) is 19.4. The first-order chi connectivity index (χ1) is 17.4. The van der Waals surface area contributed by atoms with Gasteiger partial charge in [-0.25, -0.2) is 0 Å².